The second kappa shape index (κ2) is 8.38. The predicted octanol–water partition coefficient (Wildman–Crippen LogP) is 2.42. The van der Waals surface area contributed by atoms with Crippen molar-refractivity contribution in [3.63, 3.8) is 0 Å². The first-order valence-electron chi connectivity index (χ1n) is 10.4. The number of amides is 1. The standard InChI is InChI=1S/C23H21N5O4S/c1-33(30,31)22-19-8-7-17(21-14-27(15-29)9-10-32-21)11-20(19)28(26-22)23-24-12-18(13-25-23)16-5-3-2-4-6-16/h2-8,11-13,15,21H,9-10,14H2,1H3. The van der Waals surface area contributed by atoms with E-state index in [1.165, 1.54) is 4.68 Å². The molecule has 1 amide bonds. The predicted molar refractivity (Wildman–Crippen MR) is 122 cm³/mol. The van der Waals surface area contributed by atoms with Gasteiger partial charge in [0, 0.05) is 36.1 Å². The summed E-state index contributed by atoms with van der Waals surface area (Å²) in [6, 6.07) is 15.1. The molecule has 0 aliphatic carbocycles. The van der Waals surface area contributed by atoms with Crippen LogP contribution < -0.4 is 0 Å². The summed E-state index contributed by atoms with van der Waals surface area (Å²) < 4.78 is 32.1. The van der Waals surface area contributed by atoms with Crippen molar-refractivity contribution in [3.05, 3.63) is 66.5 Å². The number of fused-ring (bicyclic) bond motifs is 1. The number of benzene rings is 2. The van der Waals surface area contributed by atoms with E-state index in [4.69, 9.17) is 4.74 Å². The molecule has 0 N–H and O–H groups in total. The van der Waals surface area contributed by atoms with Gasteiger partial charge in [-0.05, 0) is 23.3 Å². The Morgan fingerprint density at radius 2 is 1.82 bits per heavy atom. The number of aromatic nitrogens is 4. The Balaban J connectivity index is 1.60. The van der Waals surface area contributed by atoms with Gasteiger partial charge in [-0.15, -0.1) is 0 Å². The van der Waals surface area contributed by atoms with Gasteiger partial charge in [0.05, 0.1) is 18.7 Å². The molecule has 168 valence electrons. The summed E-state index contributed by atoms with van der Waals surface area (Å²) in [5.41, 5.74) is 3.18. The quantitative estimate of drug-likeness (QED) is 0.418. The molecule has 33 heavy (non-hydrogen) atoms. The Morgan fingerprint density at radius 3 is 2.52 bits per heavy atom. The maximum absolute atomic E-state index is 12.4. The molecule has 2 aromatic carbocycles. The lowest BCUT2D eigenvalue weighted by molar-refractivity contribution is -0.125. The highest BCUT2D eigenvalue weighted by atomic mass is 32.2. The molecule has 4 aromatic rings. The van der Waals surface area contributed by atoms with Crippen LogP contribution in [0.15, 0.2) is 66.0 Å². The zero-order valence-electron chi connectivity index (χ0n) is 17.8. The van der Waals surface area contributed by atoms with Gasteiger partial charge in [-0.2, -0.15) is 9.78 Å². The van der Waals surface area contributed by atoms with Crippen molar-refractivity contribution < 1.29 is 17.9 Å². The van der Waals surface area contributed by atoms with Crippen molar-refractivity contribution in [2.75, 3.05) is 26.0 Å². The lowest BCUT2D eigenvalue weighted by atomic mass is 10.1. The van der Waals surface area contributed by atoms with Crippen LogP contribution in [0.2, 0.25) is 0 Å². The Kier molecular flexibility index (Phi) is 5.39. The SMILES string of the molecule is CS(=O)(=O)c1nn(-c2ncc(-c3ccccc3)cn2)c2cc(C3CN(C=O)CCO3)ccc12. The molecule has 9 nitrogen and oxygen atoms in total. The Labute approximate surface area is 190 Å². The number of hydrogen-bond donors (Lipinski definition) is 0. The average molecular weight is 464 g/mol. The van der Waals surface area contributed by atoms with E-state index in [2.05, 4.69) is 15.1 Å². The lowest BCUT2D eigenvalue weighted by Gasteiger charge is -2.30. The van der Waals surface area contributed by atoms with Crippen LogP contribution in [-0.4, -0.2) is 65.4 Å². The van der Waals surface area contributed by atoms with Crippen LogP contribution in [0, 0.1) is 0 Å². The number of morpholine rings is 1. The van der Waals surface area contributed by atoms with E-state index in [1.54, 1.807) is 29.4 Å². The summed E-state index contributed by atoms with van der Waals surface area (Å²) in [6.07, 6.45) is 4.98. The highest BCUT2D eigenvalue weighted by Crippen LogP contribution is 2.30. The molecule has 1 atom stereocenters. The van der Waals surface area contributed by atoms with Gasteiger partial charge >= 0.3 is 0 Å². The lowest BCUT2D eigenvalue weighted by Crippen LogP contribution is -2.37. The number of carbonyl (C=O) groups is 1. The van der Waals surface area contributed by atoms with Gasteiger partial charge < -0.3 is 9.64 Å². The topological polar surface area (TPSA) is 107 Å². The molecule has 0 radical (unpaired) electrons. The Morgan fingerprint density at radius 1 is 1.06 bits per heavy atom. The molecule has 0 bridgehead atoms. The Bertz CT molecular complexity index is 1420. The third-order valence-electron chi connectivity index (χ3n) is 5.58. The van der Waals surface area contributed by atoms with Crippen LogP contribution in [0.1, 0.15) is 11.7 Å². The molecule has 1 fully saturated rings. The van der Waals surface area contributed by atoms with Gasteiger partial charge in [0.2, 0.25) is 6.41 Å². The molecule has 10 heteroatoms. The van der Waals surface area contributed by atoms with Crippen molar-refractivity contribution in [2.45, 2.75) is 11.1 Å². The van der Waals surface area contributed by atoms with E-state index in [0.717, 1.165) is 29.4 Å². The van der Waals surface area contributed by atoms with E-state index < -0.39 is 9.84 Å². The van der Waals surface area contributed by atoms with Gasteiger partial charge in [-0.1, -0.05) is 36.4 Å². The minimum atomic E-state index is -3.59. The number of sulfone groups is 1. The third-order valence-corrected chi connectivity index (χ3v) is 6.58. The van der Waals surface area contributed by atoms with Crippen LogP contribution in [0.25, 0.3) is 28.0 Å². The second-order valence-corrected chi connectivity index (χ2v) is 9.79. The smallest absolute Gasteiger partial charge is 0.251 e. The molecule has 1 unspecified atom stereocenters. The fraction of sp³-hybridized carbons (Fsp3) is 0.217. The number of carbonyl (C=O) groups excluding carboxylic acids is 1. The first-order valence-corrected chi connectivity index (χ1v) is 12.2. The first-order chi connectivity index (χ1) is 15.9. The number of nitrogens with zero attached hydrogens (tertiary/aromatic N) is 5. The van der Waals surface area contributed by atoms with Gasteiger partial charge in [0.25, 0.3) is 5.95 Å². The molecule has 1 aliphatic heterocycles. The maximum atomic E-state index is 12.4. The van der Waals surface area contributed by atoms with E-state index in [0.29, 0.717) is 30.6 Å². The largest absolute Gasteiger partial charge is 0.370 e. The molecule has 0 saturated carbocycles. The van der Waals surface area contributed by atoms with E-state index in [1.807, 2.05) is 36.4 Å². The van der Waals surface area contributed by atoms with Gasteiger partial charge in [-0.3, -0.25) is 4.79 Å². The summed E-state index contributed by atoms with van der Waals surface area (Å²) in [6.45, 7) is 1.39. The van der Waals surface area contributed by atoms with Crippen molar-refractivity contribution in [1.29, 1.82) is 0 Å². The monoisotopic (exact) mass is 463 g/mol. The second-order valence-electron chi connectivity index (χ2n) is 7.86. The van der Waals surface area contributed by atoms with Crippen LogP contribution >= 0.6 is 0 Å². The van der Waals surface area contributed by atoms with Crippen LogP contribution in [-0.2, 0) is 19.4 Å². The molecule has 5 rings (SSSR count). The minimum absolute atomic E-state index is 0.0427. The summed E-state index contributed by atoms with van der Waals surface area (Å²) in [4.78, 5) is 21.8. The number of ether oxygens (including phenoxy) is 1. The van der Waals surface area contributed by atoms with Gasteiger partial charge in [-0.25, -0.2) is 18.4 Å². The molecule has 1 aliphatic rings. The number of rotatable bonds is 5. The number of hydrogen-bond acceptors (Lipinski definition) is 7. The Hall–Kier alpha value is -3.63. The third kappa shape index (κ3) is 4.10. The van der Waals surface area contributed by atoms with Crippen LogP contribution in [0.3, 0.4) is 0 Å². The fourth-order valence-electron chi connectivity index (χ4n) is 3.91. The normalized spacial score (nSPS) is 16.8. The average Bonchev–Trinajstić information content (AvgIpc) is 3.24. The van der Waals surface area contributed by atoms with Crippen molar-refractivity contribution in [3.8, 4) is 17.1 Å². The molecular weight excluding hydrogens is 442 g/mol. The summed E-state index contributed by atoms with van der Waals surface area (Å²) in [5.74, 6) is 0.255. The van der Waals surface area contributed by atoms with Crippen molar-refractivity contribution in [1.82, 2.24) is 24.6 Å². The summed E-state index contributed by atoms with van der Waals surface area (Å²) in [7, 11) is -3.59. The zero-order chi connectivity index (χ0) is 23.0. The molecule has 2 aromatic heterocycles. The van der Waals surface area contributed by atoms with E-state index >= 15 is 0 Å². The molecular formula is C23H21N5O4S. The molecule has 3 heterocycles. The van der Waals surface area contributed by atoms with Crippen molar-refractivity contribution in [2.24, 2.45) is 0 Å². The van der Waals surface area contributed by atoms with Crippen molar-refractivity contribution >= 4 is 27.2 Å². The zero-order valence-corrected chi connectivity index (χ0v) is 18.6. The van der Waals surface area contributed by atoms with Crippen LogP contribution in [0.4, 0.5) is 0 Å². The minimum Gasteiger partial charge on any atom is -0.370 e. The summed E-state index contributed by atoms with van der Waals surface area (Å²) >= 11 is 0. The van der Waals surface area contributed by atoms with E-state index in [9.17, 15) is 13.2 Å². The molecule has 0 spiro atoms. The van der Waals surface area contributed by atoms with Gasteiger partial charge in [0.1, 0.15) is 6.10 Å². The first kappa shape index (κ1) is 21.2. The van der Waals surface area contributed by atoms with E-state index in [-0.39, 0.29) is 17.1 Å². The highest BCUT2D eigenvalue weighted by Gasteiger charge is 2.25. The van der Waals surface area contributed by atoms with Crippen LogP contribution in [0.5, 0.6) is 0 Å². The maximum Gasteiger partial charge on any atom is 0.251 e. The highest BCUT2D eigenvalue weighted by molar-refractivity contribution is 7.90. The van der Waals surface area contributed by atoms with Gasteiger partial charge in [0.15, 0.2) is 14.9 Å². The molecule has 1 saturated heterocycles. The summed E-state index contributed by atoms with van der Waals surface area (Å²) in [5, 5.41) is 4.78. The fourth-order valence-corrected chi connectivity index (χ4v) is 4.71.